The first-order valence-electron chi connectivity index (χ1n) is 8.67. The molecule has 0 bridgehead atoms. The molecule has 1 aliphatic heterocycles. The predicted octanol–water partition coefficient (Wildman–Crippen LogP) is 2.57. The summed E-state index contributed by atoms with van der Waals surface area (Å²) in [7, 11) is 0. The third kappa shape index (κ3) is 4.43. The number of nitrogens with one attached hydrogen (secondary N) is 1. The fourth-order valence-corrected chi connectivity index (χ4v) is 3.49. The van der Waals surface area contributed by atoms with Crippen molar-refractivity contribution in [1.29, 1.82) is 0 Å². The average molecular weight is 296 g/mol. The zero-order valence-corrected chi connectivity index (χ0v) is 14.2. The lowest BCUT2D eigenvalue weighted by Crippen LogP contribution is -2.55. The molecule has 0 aromatic heterocycles. The molecular weight excluding hydrogens is 264 g/mol. The van der Waals surface area contributed by atoms with Crippen molar-refractivity contribution in [2.45, 2.75) is 77.4 Å². The fourth-order valence-electron chi connectivity index (χ4n) is 3.49. The quantitative estimate of drug-likeness (QED) is 0.699. The second-order valence-corrected chi connectivity index (χ2v) is 7.08. The Morgan fingerprint density at radius 2 is 2.10 bits per heavy atom. The predicted molar refractivity (Wildman–Crippen MR) is 85.2 cm³/mol. The normalized spacial score (nSPS) is 27.3. The van der Waals surface area contributed by atoms with Crippen LogP contribution in [-0.2, 0) is 9.53 Å². The minimum atomic E-state index is -0.541. The Hall–Kier alpha value is -0.610. The van der Waals surface area contributed by atoms with E-state index in [-0.39, 0.29) is 5.97 Å². The summed E-state index contributed by atoms with van der Waals surface area (Å²) in [5.74, 6) is 0.743. The number of carbonyl (C=O) groups is 1. The molecule has 4 nitrogen and oxygen atoms in total. The van der Waals surface area contributed by atoms with Gasteiger partial charge < -0.3 is 9.64 Å². The van der Waals surface area contributed by atoms with Gasteiger partial charge in [-0.05, 0) is 58.9 Å². The molecule has 0 amide bonds. The minimum absolute atomic E-state index is 0.0880. The molecule has 122 valence electrons. The van der Waals surface area contributed by atoms with Gasteiger partial charge in [-0.2, -0.15) is 0 Å². The van der Waals surface area contributed by atoms with Gasteiger partial charge >= 0.3 is 5.97 Å². The van der Waals surface area contributed by atoms with Crippen LogP contribution in [-0.4, -0.2) is 48.2 Å². The van der Waals surface area contributed by atoms with E-state index in [1.54, 1.807) is 0 Å². The molecule has 0 radical (unpaired) electrons. The summed E-state index contributed by atoms with van der Waals surface area (Å²) in [5.41, 5.74) is -0.541. The maximum atomic E-state index is 12.4. The van der Waals surface area contributed by atoms with E-state index in [1.165, 1.54) is 38.8 Å². The number of hydrogen-bond acceptors (Lipinski definition) is 4. The van der Waals surface area contributed by atoms with Crippen molar-refractivity contribution in [3.05, 3.63) is 0 Å². The fraction of sp³-hybridized carbons (Fsp3) is 0.941. The average Bonchev–Trinajstić information content (AvgIpc) is 3.11. The van der Waals surface area contributed by atoms with Crippen molar-refractivity contribution in [2.24, 2.45) is 5.92 Å². The van der Waals surface area contributed by atoms with E-state index in [0.717, 1.165) is 12.3 Å². The Bertz CT molecular complexity index is 357. The van der Waals surface area contributed by atoms with Crippen molar-refractivity contribution < 1.29 is 9.53 Å². The zero-order valence-electron chi connectivity index (χ0n) is 14.2. The summed E-state index contributed by atoms with van der Waals surface area (Å²) < 4.78 is 5.32. The highest BCUT2D eigenvalue weighted by Gasteiger charge is 2.42. The molecule has 2 aliphatic rings. The van der Waals surface area contributed by atoms with Crippen LogP contribution < -0.4 is 5.32 Å². The van der Waals surface area contributed by atoms with Gasteiger partial charge in [0.2, 0.25) is 0 Å². The molecule has 0 aromatic carbocycles. The van der Waals surface area contributed by atoms with E-state index in [4.69, 9.17) is 4.74 Å². The van der Waals surface area contributed by atoms with Crippen molar-refractivity contribution >= 4 is 5.97 Å². The molecule has 21 heavy (non-hydrogen) atoms. The highest BCUT2D eigenvalue weighted by Crippen LogP contribution is 2.29. The van der Waals surface area contributed by atoms with Crippen molar-refractivity contribution in [3.63, 3.8) is 0 Å². The van der Waals surface area contributed by atoms with Gasteiger partial charge in [-0.3, -0.25) is 10.1 Å². The van der Waals surface area contributed by atoms with Crippen LogP contribution in [0.5, 0.6) is 0 Å². The summed E-state index contributed by atoms with van der Waals surface area (Å²) in [6.45, 7) is 11.2. The van der Waals surface area contributed by atoms with Crippen molar-refractivity contribution in [3.8, 4) is 0 Å². The Kier molecular flexibility index (Phi) is 5.67. The SMILES string of the molecule is CCOC(=O)C(C)(CC(C)N1CCC(CC)C1)NC1CC1. The van der Waals surface area contributed by atoms with Crippen LogP contribution >= 0.6 is 0 Å². The van der Waals surface area contributed by atoms with Gasteiger partial charge in [-0.15, -0.1) is 0 Å². The molecule has 1 saturated heterocycles. The summed E-state index contributed by atoms with van der Waals surface area (Å²) in [5, 5.41) is 3.53. The summed E-state index contributed by atoms with van der Waals surface area (Å²) in [6.07, 6.45) is 5.76. The Morgan fingerprint density at radius 3 is 2.62 bits per heavy atom. The van der Waals surface area contributed by atoms with Crippen LogP contribution in [0.3, 0.4) is 0 Å². The number of nitrogens with zero attached hydrogens (tertiary/aromatic N) is 1. The minimum Gasteiger partial charge on any atom is -0.465 e. The number of esters is 1. The monoisotopic (exact) mass is 296 g/mol. The summed E-state index contributed by atoms with van der Waals surface area (Å²) >= 11 is 0. The van der Waals surface area contributed by atoms with E-state index < -0.39 is 5.54 Å². The second kappa shape index (κ2) is 7.10. The molecule has 3 atom stereocenters. The van der Waals surface area contributed by atoms with E-state index >= 15 is 0 Å². The molecule has 2 fully saturated rings. The summed E-state index contributed by atoms with van der Waals surface area (Å²) in [6, 6.07) is 0.927. The first-order chi connectivity index (χ1) is 9.98. The highest BCUT2D eigenvalue weighted by atomic mass is 16.5. The van der Waals surface area contributed by atoms with Crippen LogP contribution in [0.4, 0.5) is 0 Å². The molecule has 0 aromatic rings. The largest absolute Gasteiger partial charge is 0.465 e. The van der Waals surface area contributed by atoms with Crippen molar-refractivity contribution in [2.75, 3.05) is 19.7 Å². The lowest BCUT2D eigenvalue weighted by atomic mass is 9.92. The third-order valence-electron chi connectivity index (χ3n) is 5.05. The standard InChI is InChI=1S/C17H32N2O2/c1-5-14-9-10-19(12-14)13(3)11-17(4,16(20)21-6-2)18-15-7-8-15/h13-15,18H,5-12H2,1-4H3. The first kappa shape index (κ1) is 16.8. The second-order valence-electron chi connectivity index (χ2n) is 7.08. The van der Waals surface area contributed by atoms with Crippen LogP contribution in [0.25, 0.3) is 0 Å². The number of ether oxygens (including phenoxy) is 1. The van der Waals surface area contributed by atoms with E-state index in [1.807, 2.05) is 13.8 Å². The summed E-state index contributed by atoms with van der Waals surface area (Å²) in [4.78, 5) is 14.9. The topological polar surface area (TPSA) is 41.6 Å². The molecule has 1 N–H and O–H groups in total. The van der Waals surface area contributed by atoms with Gasteiger partial charge in [0.05, 0.1) is 6.61 Å². The molecule has 1 heterocycles. The lowest BCUT2D eigenvalue weighted by molar-refractivity contribution is -0.151. The highest BCUT2D eigenvalue weighted by molar-refractivity contribution is 5.80. The van der Waals surface area contributed by atoms with E-state index in [2.05, 4.69) is 24.1 Å². The van der Waals surface area contributed by atoms with Gasteiger partial charge in [0.15, 0.2) is 0 Å². The molecule has 0 spiro atoms. The van der Waals surface area contributed by atoms with E-state index in [0.29, 0.717) is 18.7 Å². The lowest BCUT2D eigenvalue weighted by Gasteiger charge is -2.35. The third-order valence-corrected chi connectivity index (χ3v) is 5.05. The zero-order chi connectivity index (χ0) is 15.5. The molecule has 2 rings (SSSR count). The van der Waals surface area contributed by atoms with Gasteiger partial charge in [0, 0.05) is 18.6 Å². The molecular formula is C17H32N2O2. The van der Waals surface area contributed by atoms with Crippen LogP contribution in [0.2, 0.25) is 0 Å². The van der Waals surface area contributed by atoms with Crippen molar-refractivity contribution in [1.82, 2.24) is 10.2 Å². The number of carbonyl (C=O) groups excluding carboxylic acids is 1. The van der Waals surface area contributed by atoms with Crippen LogP contribution in [0.15, 0.2) is 0 Å². The van der Waals surface area contributed by atoms with Crippen LogP contribution in [0, 0.1) is 5.92 Å². The maximum absolute atomic E-state index is 12.4. The Balaban J connectivity index is 1.95. The molecule has 3 unspecified atom stereocenters. The number of likely N-dealkylation sites (tertiary alicyclic amines) is 1. The number of hydrogen-bond donors (Lipinski definition) is 1. The van der Waals surface area contributed by atoms with Gasteiger partial charge in [0.1, 0.15) is 5.54 Å². The van der Waals surface area contributed by atoms with E-state index in [9.17, 15) is 4.79 Å². The van der Waals surface area contributed by atoms with Crippen LogP contribution in [0.1, 0.15) is 59.8 Å². The molecule has 4 heteroatoms. The number of rotatable bonds is 8. The molecule has 1 aliphatic carbocycles. The van der Waals surface area contributed by atoms with Gasteiger partial charge in [-0.25, -0.2) is 0 Å². The first-order valence-corrected chi connectivity index (χ1v) is 8.67. The Morgan fingerprint density at radius 1 is 1.38 bits per heavy atom. The smallest absolute Gasteiger partial charge is 0.326 e. The van der Waals surface area contributed by atoms with Gasteiger partial charge in [-0.1, -0.05) is 13.3 Å². The molecule has 1 saturated carbocycles. The Labute approximate surface area is 129 Å². The van der Waals surface area contributed by atoms with Gasteiger partial charge in [0.25, 0.3) is 0 Å². The maximum Gasteiger partial charge on any atom is 0.326 e.